The van der Waals surface area contributed by atoms with Gasteiger partial charge in [-0.2, -0.15) is 5.10 Å². The molecule has 30 heavy (non-hydrogen) atoms. The van der Waals surface area contributed by atoms with E-state index in [-0.39, 0.29) is 24.5 Å². The van der Waals surface area contributed by atoms with Crippen molar-refractivity contribution in [1.29, 1.82) is 0 Å². The zero-order valence-electron chi connectivity index (χ0n) is 18.4. The summed E-state index contributed by atoms with van der Waals surface area (Å²) in [6.45, 7) is 8.35. The monoisotopic (exact) mass is 412 g/mol. The van der Waals surface area contributed by atoms with Crippen molar-refractivity contribution in [3.05, 3.63) is 35.2 Å². The van der Waals surface area contributed by atoms with Gasteiger partial charge in [-0.25, -0.2) is 14.5 Å². The lowest BCUT2D eigenvalue weighted by Gasteiger charge is -2.13. The molecule has 7 heteroatoms. The molecular formula is C23H32N4O3. The lowest BCUT2D eigenvalue weighted by Crippen LogP contribution is -2.30. The van der Waals surface area contributed by atoms with Crippen molar-refractivity contribution in [3.8, 4) is 0 Å². The Labute approximate surface area is 177 Å². The average Bonchev–Trinajstić information content (AvgIpc) is 3.16. The van der Waals surface area contributed by atoms with Crippen molar-refractivity contribution < 1.29 is 14.3 Å². The van der Waals surface area contributed by atoms with Crippen LogP contribution in [-0.2, 0) is 9.53 Å². The molecule has 2 heterocycles. The molecule has 0 bridgehead atoms. The molecule has 0 saturated carbocycles. The van der Waals surface area contributed by atoms with Gasteiger partial charge in [-0.3, -0.25) is 4.79 Å². The number of hydrogen-bond donors (Lipinski definition) is 1. The zero-order chi connectivity index (χ0) is 21.7. The number of nitrogens with one attached hydrogen (secondary N) is 1. The van der Waals surface area contributed by atoms with Gasteiger partial charge in [-0.05, 0) is 57.9 Å². The number of pyridine rings is 1. The van der Waals surface area contributed by atoms with Crippen molar-refractivity contribution in [2.45, 2.75) is 71.8 Å². The number of hydrogen-bond acceptors (Lipinski definition) is 5. The standard InChI is InChI=1S/C23H32N4O3/c1-15(2)20-12-18(19-13-25-27(16(3)4)22(19)26-20)23(29)30-14-21(28)24-11-10-17-8-6-5-7-9-17/h8,12-13,15-16H,5-7,9-11,14H2,1-4H3,(H,24,28). The van der Waals surface area contributed by atoms with Crippen LogP contribution in [0.2, 0.25) is 0 Å². The molecule has 0 fully saturated rings. The van der Waals surface area contributed by atoms with Crippen LogP contribution in [0.25, 0.3) is 11.0 Å². The van der Waals surface area contributed by atoms with Gasteiger partial charge in [0.25, 0.3) is 5.91 Å². The van der Waals surface area contributed by atoms with E-state index >= 15 is 0 Å². The summed E-state index contributed by atoms with van der Waals surface area (Å²) in [6, 6.07) is 1.86. The van der Waals surface area contributed by atoms with E-state index < -0.39 is 5.97 Å². The largest absolute Gasteiger partial charge is 0.452 e. The van der Waals surface area contributed by atoms with E-state index in [9.17, 15) is 9.59 Å². The Morgan fingerprint density at radius 3 is 2.70 bits per heavy atom. The predicted molar refractivity (Wildman–Crippen MR) is 116 cm³/mol. The summed E-state index contributed by atoms with van der Waals surface area (Å²) in [5, 5.41) is 7.86. The molecule has 2 aromatic rings. The number of esters is 1. The van der Waals surface area contributed by atoms with Crippen LogP contribution in [0.5, 0.6) is 0 Å². The number of fused-ring (bicyclic) bond motifs is 1. The first-order chi connectivity index (χ1) is 14.4. The van der Waals surface area contributed by atoms with E-state index in [2.05, 4.69) is 21.5 Å². The number of rotatable bonds is 8. The third kappa shape index (κ3) is 5.26. The molecule has 1 aliphatic carbocycles. The second-order valence-electron chi connectivity index (χ2n) is 8.45. The first kappa shape index (κ1) is 22.0. The fourth-order valence-corrected chi connectivity index (χ4v) is 3.63. The number of ether oxygens (including phenoxy) is 1. The van der Waals surface area contributed by atoms with Crippen LogP contribution in [0.4, 0.5) is 0 Å². The van der Waals surface area contributed by atoms with E-state index in [4.69, 9.17) is 4.74 Å². The molecule has 7 nitrogen and oxygen atoms in total. The Kier molecular flexibility index (Phi) is 7.24. The SMILES string of the molecule is CC(C)c1cc(C(=O)OCC(=O)NCCC2=CCCCC2)c2cnn(C(C)C)c2n1. The second-order valence-corrected chi connectivity index (χ2v) is 8.45. The highest BCUT2D eigenvalue weighted by molar-refractivity contribution is 6.03. The van der Waals surface area contributed by atoms with Crippen molar-refractivity contribution in [3.63, 3.8) is 0 Å². The van der Waals surface area contributed by atoms with Crippen LogP contribution in [0.1, 0.15) is 87.8 Å². The quantitative estimate of drug-likeness (QED) is 0.516. The molecule has 0 radical (unpaired) electrons. The van der Waals surface area contributed by atoms with Crippen LogP contribution in [0.3, 0.4) is 0 Å². The fourth-order valence-electron chi connectivity index (χ4n) is 3.63. The minimum absolute atomic E-state index is 0.117. The number of aromatic nitrogens is 3. The lowest BCUT2D eigenvalue weighted by atomic mass is 9.97. The molecule has 1 amide bonds. The molecule has 0 atom stereocenters. The number of nitrogens with zero attached hydrogens (tertiary/aromatic N) is 3. The second kappa shape index (κ2) is 9.87. The lowest BCUT2D eigenvalue weighted by molar-refractivity contribution is -0.124. The highest BCUT2D eigenvalue weighted by Crippen LogP contribution is 2.25. The van der Waals surface area contributed by atoms with Gasteiger partial charge < -0.3 is 10.1 Å². The molecule has 0 unspecified atom stereocenters. The molecule has 0 spiro atoms. The van der Waals surface area contributed by atoms with Crippen LogP contribution in [-0.4, -0.2) is 39.8 Å². The van der Waals surface area contributed by atoms with Gasteiger partial charge in [0.1, 0.15) is 0 Å². The highest BCUT2D eigenvalue weighted by atomic mass is 16.5. The minimum Gasteiger partial charge on any atom is -0.452 e. The predicted octanol–water partition coefficient (Wildman–Crippen LogP) is 4.30. The maximum Gasteiger partial charge on any atom is 0.339 e. The summed E-state index contributed by atoms with van der Waals surface area (Å²) in [7, 11) is 0. The topological polar surface area (TPSA) is 86.1 Å². The third-order valence-corrected chi connectivity index (χ3v) is 5.37. The molecule has 1 aliphatic rings. The van der Waals surface area contributed by atoms with Crippen LogP contribution in [0, 0.1) is 0 Å². The normalized spacial score (nSPS) is 14.3. The van der Waals surface area contributed by atoms with E-state index in [0.29, 0.717) is 23.1 Å². The van der Waals surface area contributed by atoms with Gasteiger partial charge in [0.05, 0.1) is 17.1 Å². The Morgan fingerprint density at radius 2 is 2.03 bits per heavy atom. The number of carbonyl (C=O) groups excluding carboxylic acids is 2. The molecule has 0 aromatic carbocycles. The van der Waals surface area contributed by atoms with Crippen LogP contribution >= 0.6 is 0 Å². The molecule has 162 valence electrons. The van der Waals surface area contributed by atoms with E-state index in [1.54, 1.807) is 16.9 Å². The van der Waals surface area contributed by atoms with Gasteiger partial charge in [0.15, 0.2) is 12.3 Å². The Morgan fingerprint density at radius 1 is 1.23 bits per heavy atom. The molecule has 3 rings (SSSR count). The van der Waals surface area contributed by atoms with E-state index in [1.807, 2.05) is 27.7 Å². The fraction of sp³-hybridized carbons (Fsp3) is 0.565. The third-order valence-electron chi connectivity index (χ3n) is 5.37. The number of carbonyl (C=O) groups is 2. The molecule has 0 aliphatic heterocycles. The Balaban J connectivity index is 1.64. The summed E-state index contributed by atoms with van der Waals surface area (Å²) in [6.07, 6.45) is 9.50. The van der Waals surface area contributed by atoms with Gasteiger partial charge in [0, 0.05) is 18.3 Å². The first-order valence-corrected chi connectivity index (χ1v) is 10.9. The Hall–Kier alpha value is -2.70. The van der Waals surface area contributed by atoms with Gasteiger partial charge >= 0.3 is 5.97 Å². The van der Waals surface area contributed by atoms with Crippen molar-refractivity contribution in [1.82, 2.24) is 20.1 Å². The smallest absolute Gasteiger partial charge is 0.339 e. The maximum absolute atomic E-state index is 12.8. The molecule has 1 N–H and O–H groups in total. The van der Waals surface area contributed by atoms with Crippen LogP contribution in [0.15, 0.2) is 23.9 Å². The summed E-state index contributed by atoms with van der Waals surface area (Å²) in [5.41, 5.74) is 3.26. The molecule has 2 aromatic heterocycles. The summed E-state index contributed by atoms with van der Waals surface area (Å²) >= 11 is 0. The van der Waals surface area contributed by atoms with Gasteiger partial charge in [-0.1, -0.05) is 25.5 Å². The van der Waals surface area contributed by atoms with Crippen molar-refractivity contribution in [2.75, 3.05) is 13.2 Å². The number of allylic oxidation sites excluding steroid dienone is 1. The maximum atomic E-state index is 12.8. The van der Waals surface area contributed by atoms with Crippen molar-refractivity contribution in [2.24, 2.45) is 0 Å². The molecule has 0 saturated heterocycles. The van der Waals surface area contributed by atoms with Crippen LogP contribution < -0.4 is 5.32 Å². The summed E-state index contributed by atoms with van der Waals surface area (Å²) in [4.78, 5) is 29.6. The summed E-state index contributed by atoms with van der Waals surface area (Å²) in [5.74, 6) is -0.668. The average molecular weight is 413 g/mol. The van der Waals surface area contributed by atoms with Crippen molar-refractivity contribution >= 4 is 22.9 Å². The van der Waals surface area contributed by atoms with E-state index in [1.165, 1.54) is 18.4 Å². The minimum atomic E-state index is -0.530. The zero-order valence-corrected chi connectivity index (χ0v) is 18.4. The molecular weight excluding hydrogens is 380 g/mol. The van der Waals surface area contributed by atoms with Gasteiger partial charge in [0.2, 0.25) is 0 Å². The van der Waals surface area contributed by atoms with E-state index in [0.717, 1.165) is 25.0 Å². The van der Waals surface area contributed by atoms with Gasteiger partial charge in [-0.15, -0.1) is 0 Å². The Bertz CT molecular complexity index is 943. The highest BCUT2D eigenvalue weighted by Gasteiger charge is 2.20. The summed E-state index contributed by atoms with van der Waals surface area (Å²) < 4.78 is 7.11. The first-order valence-electron chi connectivity index (χ1n) is 10.9. The number of amides is 1.